The van der Waals surface area contributed by atoms with E-state index in [-0.39, 0.29) is 5.76 Å². The van der Waals surface area contributed by atoms with Crippen molar-refractivity contribution in [1.29, 1.82) is 0 Å². The number of carbonyl (C=O) groups excluding carboxylic acids is 1. The van der Waals surface area contributed by atoms with Crippen LogP contribution in [0.4, 0.5) is 0 Å². The summed E-state index contributed by atoms with van der Waals surface area (Å²) in [5, 5.41) is 2.11. The molecule has 2 aromatic carbocycles. The standard InChI is InChI=1S/C21H22NO6P/c1-24-13-7-5-8-14(25-2)19(13)29(17-11-12-28-18(17)21(22)23)20-15(26-3)9-6-10-16(20)27-4/h5-12H,1-4H3,(H2,22,23). The first-order chi connectivity index (χ1) is 14.1. The Morgan fingerprint density at radius 1 is 0.793 bits per heavy atom. The number of carbonyl (C=O) groups is 1. The Balaban J connectivity index is 2.44. The summed E-state index contributed by atoms with van der Waals surface area (Å²) in [6, 6.07) is 12.7. The summed E-state index contributed by atoms with van der Waals surface area (Å²) < 4.78 is 28.0. The summed E-state index contributed by atoms with van der Waals surface area (Å²) >= 11 is 0. The zero-order valence-electron chi connectivity index (χ0n) is 16.6. The molecule has 1 amide bonds. The highest BCUT2D eigenvalue weighted by Crippen LogP contribution is 2.46. The van der Waals surface area contributed by atoms with Gasteiger partial charge in [0.1, 0.15) is 23.0 Å². The van der Waals surface area contributed by atoms with E-state index in [2.05, 4.69) is 0 Å². The van der Waals surface area contributed by atoms with Gasteiger partial charge in [0.05, 0.1) is 45.3 Å². The second kappa shape index (κ2) is 8.88. The van der Waals surface area contributed by atoms with Crippen molar-refractivity contribution in [3.8, 4) is 23.0 Å². The van der Waals surface area contributed by atoms with Gasteiger partial charge in [-0.25, -0.2) is 0 Å². The third-order valence-electron chi connectivity index (χ3n) is 4.36. The number of rotatable bonds is 8. The van der Waals surface area contributed by atoms with E-state index >= 15 is 0 Å². The molecule has 0 aliphatic rings. The molecule has 1 aromatic heterocycles. The van der Waals surface area contributed by atoms with Crippen LogP contribution < -0.4 is 40.6 Å². The lowest BCUT2D eigenvalue weighted by Gasteiger charge is -2.25. The fraction of sp³-hybridized carbons (Fsp3) is 0.190. The average molecular weight is 415 g/mol. The van der Waals surface area contributed by atoms with Crippen LogP contribution >= 0.6 is 7.92 Å². The minimum Gasteiger partial charge on any atom is -0.496 e. The molecule has 152 valence electrons. The molecule has 3 rings (SSSR count). The SMILES string of the molecule is COc1cccc(OC)c1P(c1ccoc1C(N)=O)c1c(OC)cccc1OC. The fourth-order valence-corrected chi connectivity index (χ4v) is 5.95. The average Bonchev–Trinajstić information content (AvgIpc) is 3.23. The van der Waals surface area contributed by atoms with Crippen molar-refractivity contribution < 1.29 is 28.2 Å². The third kappa shape index (κ3) is 3.74. The fourth-order valence-electron chi connectivity index (χ4n) is 3.12. The van der Waals surface area contributed by atoms with Crippen LogP contribution in [0.15, 0.2) is 53.1 Å². The van der Waals surface area contributed by atoms with Crippen LogP contribution in [-0.2, 0) is 0 Å². The molecule has 0 aliphatic heterocycles. The van der Waals surface area contributed by atoms with Crippen molar-refractivity contribution in [2.75, 3.05) is 28.4 Å². The van der Waals surface area contributed by atoms with Gasteiger partial charge in [0.25, 0.3) is 5.91 Å². The number of benzene rings is 2. The predicted octanol–water partition coefficient (Wildman–Crippen LogP) is 2.17. The zero-order valence-corrected chi connectivity index (χ0v) is 17.5. The Kier molecular flexibility index (Phi) is 6.29. The molecule has 0 fully saturated rings. The van der Waals surface area contributed by atoms with E-state index in [1.807, 2.05) is 36.4 Å². The van der Waals surface area contributed by atoms with Gasteiger partial charge in [0.2, 0.25) is 0 Å². The number of primary amides is 1. The molecule has 0 atom stereocenters. The second-order valence-corrected chi connectivity index (χ2v) is 7.90. The van der Waals surface area contributed by atoms with Gasteiger partial charge >= 0.3 is 0 Å². The number of hydrogen-bond donors (Lipinski definition) is 1. The van der Waals surface area contributed by atoms with Gasteiger partial charge in [0.15, 0.2) is 5.76 Å². The highest BCUT2D eigenvalue weighted by atomic mass is 31.1. The Bertz CT molecular complexity index is 916. The van der Waals surface area contributed by atoms with Gasteiger partial charge in [0, 0.05) is 13.2 Å². The lowest BCUT2D eigenvalue weighted by molar-refractivity contribution is 0.0975. The lowest BCUT2D eigenvalue weighted by Crippen LogP contribution is -2.29. The second-order valence-electron chi connectivity index (χ2n) is 5.86. The van der Waals surface area contributed by atoms with Gasteiger partial charge in [-0.1, -0.05) is 12.1 Å². The maximum atomic E-state index is 12.1. The van der Waals surface area contributed by atoms with E-state index in [1.54, 1.807) is 34.5 Å². The molecular formula is C21H22NO6P. The lowest BCUT2D eigenvalue weighted by atomic mass is 10.3. The summed E-state index contributed by atoms with van der Waals surface area (Å²) in [5.41, 5.74) is 5.59. The molecule has 0 aliphatic carbocycles. The Morgan fingerprint density at radius 2 is 1.21 bits per heavy atom. The number of methoxy groups -OCH3 is 4. The molecular weight excluding hydrogens is 393 g/mol. The van der Waals surface area contributed by atoms with Crippen molar-refractivity contribution in [3.05, 3.63) is 54.5 Å². The molecule has 1 heterocycles. The molecule has 29 heavy (non-hydrogen) atoms. The first-order valence-electron chi connectivity index (χ1n) is 8.66. The zero-order chi connectivity index (χ0) is 21.0. The summed E-state index contributed by atoms with van der Waals surface area (Å²) in [7, 11) is 4.85. The van der Waals surface area contributed by atoms with Gasteiger partial charge in [-0.15, -0.1) is 0 Å². The predicted molar refractivity (Wildman–Crippen MR) is 112 cm³/mol. The Hall–Kier alpha value is -3.18. The van der Waals surface area contributed by atoms with E-state index in [9.17, 15) is 4.79 Å². The summed E-state index contributed by atoms with van der Waals surface area (Å²) in [6.45, 7) is 0. The molecule has 2 N–H and O–H groups in total. The van der Waals surface area contributed by atoms with Crippen molar-refractivity contribution in [2.45, 2.75) is 0 Å². The number of ether oxygens (including phenoxy) is 4. The van der Waals surface area contributed by atoms with E-state index in [4.69, 9.17) is 29.1 Å². The minimum atomic E-state index is -1.46. The maximum Gasteiger partial charge on any atom is 0.285 e. The number of amides is 1. The number of hydrogen-bond acceptors (Lipinski definition) is 6. The van der Waals surface area contributed by atoms with Crippen molar-refractivity contribution >= 4 is 29.7 Å². The van der Waals surface area contributed by atoms with E-state index in [0.717, 1.165) is 10.6 Å². The van der Waals surface area contributed by atoms with Crippen LogP contribution in [0.5, 0.6) is 23.0 Å². The van der Waals surface area contributed by atoms with E-state index in [0.29, 0.717) is 28.3 Å². The van der Waals surface area contributed by atoms with Crippen molar-refractivity contribution in [3.63, 3.8) is 0 Å². The van der Waals surface area contributed by atoms with Gasteiger partial charge in [-0.05, 0) is 30.3 Å². The molecule has 0 saturated heterocycles. The molecule has 0 unspecified atom stereocenters. The van der Waals surface area contributed by atoms with Crippen molar-refractivity contribution in [2.24, 2.45) is 5.73 Å². The molecule has 0 bridgehead atoms. The van der Waals surface area contributed by atoms with E-state index < -0.39 is 13.8 Å². The van der Waals surface area contributed by atoms with Crippen LogP contribution in [0.3, 0.4) is 0 Å². The molecule has 3 aromatic rings. The molecule has 0 spiro atoms. The van der Waals surface area contributed by atoms with Gasteiger partial charge in [-0.2, -0.15) is 0 Å². The minimum absolute atomic E-state index is 0.0667. The highest BCUT2D eigenvalue weighted by Gasteiger charge is 2.33. The topological polar surface area (TPSA) is 93.2 Å². The largest absolute Gasteiger partial charge is 0.496 e. The molecule has 0 radical (unpaired) electrons. The number of furan rings is 1. The first-order valence-corrected chi connectivity index (χ1v) is 10.0. The summed E-state index contributed by atoms with van der Waals surface area (Å²) in [5.74, 6) is 1.79. The monoisotopic (exact) mass is 415 g/mol. The summed E-state index contributed by atoms with van der Waals surface area (Å²) in [6.07, 6.45) is 1.44. The van der Waals surface area contributed by atoms with E-state index in [1.165, 1.54) is 6.26 Å². The van der Waals surface area contributed by atoms with Crippen LogP contribution in [0.2, 0.25) is 0 Å². The third-order valence-corrected chi connectivity index (χ3v) is 6.97. The normalized spacial score (nSPS) is 10.7. The molecule has 0 saturated carbocycles. The van der Waals surface area contributed by atoms with Crippen LogP contribution in [0, 0.1) is 0 Å². The van der Waals surface area contributed by atoms with Crippen LogP contribution in [0.25, 0.3) is 0 Å². The van der Waals surface area contributed by atoms with Crippen LogP contribution in [0.1, 0.15) is 10.6 Å². The Labute approximate surface area is 170 Å². The van der Waals surface area contributed by atoms with Gasteiger partial charge < -0.3 is 29.1 Å². The highest BCUT2D eigenvalue weighted by molar-refractivity contribution is 7.80. The maximum absolute atomic E-state index is 12.1. The van der Waals surface area contributed by atoms with Crippen molar-refractivity contribution in [1.82, 2.24) is 0 Å². The van der Waals surface area contributed by atoms with Crippen LogP contribution in [-0.4, -0.2) is 34.3 Å². The first kappa shape index (κ1) is 20.6. The quantitative estimate of drug-likeness (QED) is 0.567. The molecule has 7 nitrogen and oxygen atoms in total. The smallest absolute Gasteiger partial charge is 0.285 e. The molecule has 8 heteroatoms. The number of nitrogens with two attached hydrogens (primary N) is 1. The Morgan fingerprint density at radius 3 is 1.55 bits per heavy atom. The summed E-state index contributed by atoms with van der Waals surface area (Å²) in [4.78, 5) is 12.1. The van der Waals surface area contributed by atoms with Gasteiger partial charge in [-0.3, -0.25) is 4.79 Å².